The second kappa shape index (κ2) is 6.35. The van der Waals surface area contributed by atoms with E-state index in [1.54, 1.807) is 0 Å². The summed E-state index contributed by atoms with van der Waals surface area (Å²) in [4.78, 5) is 2.57. The number of benzene rings is 1. The molecule has 1 aliphatic rings. The number of piperidine rings is 1. The van der Waals surface area contributed by atoms with Gasteiger partial charge in [0.15, 0.2) is 0 Å². The number of rotatable bonds is 4. The van der Waals surface area contributed by atoms with Crippen molar-refractivity contribution in [3.8, 4) is 0 Å². The van der Waals surface area contributed by atoms with Crippen LogP contribution in [0.3, 0.4) is 0 Å². The Labute approximate surface area is 111 Å². The van der Waals surface area contributed by atoms with Gasteiger partial charge in [-0.05, 0) is 50.0 Å². The molecule has 0 aliphatic carbocycles. The van der Waals surface area contributed by atoms with Crippen LogP contribution in [-0.2, 0) is 6.54 Å². The second-order valence-electron chi connectivity index (χ2n) is 5.74. The Morgan fingerprint density at radius 1 is 1.17 bits per heavy atom. The summed E-state index contributed by atoms with van der Waals surface area (Å²) >= 11 is 0. The molecule has 2 nitrogen and oxygen atoms in total. The number of nitrogens with zero attached hydrogens (tertiary/aromatic N) is 1. The first kappa shape index (κ1) is 13.6. The van der Waals surface area contributed by atoms with Gasteiger partial charge in [-0.2, -0.15) is 0 Å². The molecule has 1 aromatic rings. The lowest BCUT2D eigenvalue weighted by Gasteiger charge is -2.31. The van der Waals surface area contributed by atoms with Gasteiger partial charge in [0.25, 0.3) is 0 Å². The van der Waals surface area contributed by atoms with Crippen molar-refractivity contribution in [1.82, 2.24) is 10.2 Å². The molecule has 1 aliphatic heterocycles. The standard InChI is InChI=1S/C16H26N2/c1-13(2)15-6-4-14(5-7-15)12-18-10-8-16(17-3)9-11-18/h4-7,13,16-17H,8-12H2,1-3H3. The minimum absolute atomic E-state index is 0.630. The number of likely N-dealkylation sites (tertiary alicyclic amines) is 1. The zero-order valence-corrected chi connectivity index (χ0v) is 11.9. The second-order valence-corrected chi connectivity index (χ2v) is 5.74. The minimum Gasteiger partial charge on any atom is -0.317 e. The SMILES string of the molecule is CNC1CCN(Cc2ccc(C(C)C)cc2)CC1. The molecule has 0 aromatic heterocycles. The van der Waals surface area contributed by atoms with Crippen LogP contribution >= 0.6 is 0 Å². The molecule has 0 spiro atoms. The maximum absolute atomic E-state index is 3.38. The molecule has 0 atom stereocenters. The highest BCUT2D eigenvalue weighted by Crippen LogP contribution is 2.17. The molecule has 1 aromatic carbocycles. The smallest absolute Gasteiger partial charge is 0.0233 e. The first-order valence-corrected chi connectivity index (χ1v) is 7.17. The molecule has 0 unspecified atom stereocenters. The van der Waals surface area contributed by atoms with Gasteiger partial charge in [-0.25, -0.2) is 0 Å². The van der Waals surface area contributed by atoms with Gasteiger partial charge in [0.1, 0.15) is 0 Å². The van der Waals surface area contributed by atoms with Crippen LogP contribution in [0.5, 0.6) is 0 Å². The van der Waals surface area contributed by atoms with Crippen molar-refractivity contribution in [1.29, 1.82) is 0 Å². The predicted molar refractivity (Wildman–Crippen MR) is 77.9 cm³/mol. The van der Waals surface area contributed by atoms with Crippen LogP contribution < -0.4 is 5.32 Å². The first-order valence-electron chi connectivity index (χ1n) is 7.17. The van der Waals surface area contributed by atoms with Gasteiger partial charge in [0.05, 0.1) is 0 Å². The summed E-state index contributed by atoms with van der Waals surface area (Å²) in [6.07, 6.45) is 2.56. The van der Waals surface area contributed by atoms with Crippen LogP contribution in [0.2, 0.25) is 0 Å². The molecule has 1 heterocycles. The van der Waals surface area contributed by atoms with Crippen LogP contribution in [-0.4, -0.2) is 31.1 Å². The molecular formula is C16H26N2. The van der Waals surface area contributed by atoms with Crippen LogP contribution in [0.25, 0.3) is 0 Å². The average molecular weight is 246 g/mol. The van der Waals surface area contributed by atoms with Crippen molar-refractivity contribution in [3.05, 3.63) is 35.4 Å². The lowest BCUT2D eigenvalue weighted by Crippen LogP contribution is -2.40. The molecule has 2 heteroatoms. The quantitative estimate of drug-likeness (QED) is 0.878. The summed E-state index contributed by atoms with van der Waals surface area (Å²) in [6.45, 7) is 8.04. The van der Waals surface area contributed by atoms with Gasteiger partial charge in [0.2, 0.25) is 0 Å². The lowest BCUT2D eigenvalue weighted by atomic mass is 10.0. The molecule has 0 bridgehead atoms. The minimum atomic E-state index is 0.630. The fourth-order valence-corrected chi connectivity index (χ4v) is 2.65. The van der Waals surface area contributed by atoms with Crippen molar-refractivity contribution in [2.45, 2.75) is 45.2 Å². The van der Waals surface area contributed by atoms with E-state index in [4.69, 9.17) is 0 Å². The van der Waals surface area contributed by atoms with Crippen LogP contribution in [0.4, 0.5) is 0 Å². The summed E-state index contributed by atoms with van der Waals surface area (Å²) in [6, 6.07) is 9.87. The van der Waals surface area contributed by atoms with Crippen LogP contribution in [0.15, 0.2) is 24.3 Å². The van der Waals surface area contributed by atoms with Crippen molar-refractivity contribution in [2.75, 3.05) is 20.1 Å². The van der Waals surface area contributed by atoms with Gasteiger partial charge >= 0.3 is 0 Å². The largest absolute Gasteiger partial charge is 0.317 e. The molecule has 1 fully saturated rings. The monoisotopic (exact) mass is 246 g/mol. The maximum Gasteiger partial charge on any atom is 0.0233 e. The number of hydrogen-bond donors (Lipinski definition) is 1. The highest BCUT2D eigenvalue weighted by Gasteiger charge is 2.17. The highest BCUT2D eigenvalue weighted by molar-refractivity contribution is 5.24. The van der Waals surface area contributed by atoms with Gasteiger partial charge in [-0.1, -0.05) is 38.1 Å². The van der Waals surface area contributed by atoms with E-state index in [1.807, 2.05) is 0 Å². The summed E-state index contributed by atoms with van der Waals surface area (Å²) in [5.74, 6) is 0.630. The molecule has 100 valence electrons. The normalized spacial score (nSPS) is 18.4. The lowest BCUT2D eigenvalue weighted by molar-refractivity contribution is 0.194. The van der Waals surface area contributed by atoms with E-state index in [1.165, 1.54) is 37.1 Å². The molecule has 0 radical (unpaired) electrons. The zero-order chi connectivity index (χ0) is 13.0. The van der Waals surface area contributed by atoms with E-state index in [2.05, 4.69) is 55.4 Å². The Morgan fingerprint density at radius 3 is 2.28 bits per heavy atom. The number of hydrogen-bond acceptors (Lipinski definition) is 2. The third-order valence-electron chi connectivity index (χ3n) is 4.05. The Morgan fingerprint density at radius 2 is 1.78 bits per heavy atom. The van der Waals surface area contributed by atoms with Gasteiger partial charge in [-0.3, -0.25) is 4.90 Å². The highest BCUT2D eigenvalue weighted by atomic mass is 15.1. The Hall–Kier alpha value is -0.860. The maximum atomic E-state index is 3.38. The fraction of sp³-hybridized carbons (Fsp3) is 0.625. The molecule has 18 heavy (non-hydrogen) atoms. The van der Waals surface area contributed by atoms with Crippen molar-refractivity contribution in [3.63, 3.8) is 0 Å². The van der Waals surface area contributed by atoms with E-state index in [-0.39, 0.29) is 0 Å². The van der Waals surface area contributed by atoms with E-state index >= 15 is 0 Å². The first-order chi connectivity index (χ1) is 8.69. The molecule has 2 rings (SSSR count). The van der Waals surface area contributed by atoms with Gasteiger partial charge in [0, 0.05) is 12.6 Å². The molecule has 0 saturated carbocycles. The molecule has 1 N–H and O–H groups in total. The molecular weight excluding hydrogens is 220 g/mol. The van der Waals surface area contributed by atoms with E-state index < -0.39 is 0 Å². The summed E-state index contributed by atoms with van der Waals surface area (Å²) in [5.41, 5.74) is 2.88. The Balaban J connectivity index is 1.86. The summed E-state index contributed by atoms with van der Waals surface area (Å²) in [7, 11) is 2.07. The van der Waals surface area contributed by atoms with Gasteiger partial charge < -0.3 is 5.32 Å². The van der Waals surface area contributed by atoms with Crippen LogP contribution in [0.1, 0.15) is 43.7 Å². The zero-order valence-electron chi connectivity index (χ0n) is 11.9. The van der Waals surface area contributed by atoms with Crippen molar-refractivity contribution in [2.24, 2.45) is 0 Å². The van der Waals surface area contributed by atoms with Crippen molar-refractivity contribution >= 4 is 0 Å². The molecule has 0 amide bonds. The number of nitrogens with one attached hydrogen (secondary N) is 1. The van der Waals surface area contributed by atoms with Crippen molar-refractivity contribution < 1.29 is 0 Å². The Kier molecular flexibility index (Phi) is 4.79. The van der Waals surface area contributed by atoms with E-state index in [9.17, 15) is 0 Å². The van der Waals surface area contributed by atoms with Crippen LogP contribution in [0, 0.1) is 0 Å². The third kappa shape index (κ3) is 3.56. The Bertz CT molecular complexity index is 348. The van der Waals surface area contributed by atoms with E-state index in [0.717, 1.165) is 12.6 Å². The van der Waals surface area contributed by atoms with Gasteiger partial charge in [-0.15, -0.1) is 0 Å². The molecule has 1 saturated heterocycles. The average Bonchev–Trinajstić information content (AvgIpc) is 2.40. The predicted octanol–water partition coefficient (Wildman–Crippen LogP) is 2.99. The van der Waals surface area contributed by atoms with E-state index in [0.29, 0.717) is 5.92 Å². The fourth-order valence-electron chi connectivity index (χ4n) is 2.65. The summed E-state index contributed by atoms with van der Waals surface area (Å²) in [5, 5.41) is 3.38. The topological polar surface area (TPSA) is 15.3 Å². The summed E-state index contributed by atoms with van der Waals surface area (Å²) < 4.78 is 0. The third-order valence-corrected chi connectivity index (χ3v) is 4.05.